The van der Waals surface area contributed by atoms with E-state index in [9.17, 15) is 4.39 Å². The zero-order valence-electron chi connectivity index (χ0n) is 6.24. The molecule has 0 aliphatic heterocycles. The molecule has 0 aromatic rings. The van der Waals surface area contributed by atoms with Gasteiger partial charge in [0.2, 0.25) is 0 Å². The van der Waals surface area contributed by atoms with Gasteiger partial charge in [0, 0.05) is 11.6 Å². The van der Waals surface area contributed by atoms with Crippen LogP contribution in [-0.4, -0.2) is 17.8 Å². The Morgan fingerprint density at radius 3 is 2.00 bits per heavy atom. The molecule has 1 N–H and O–H groups in total. The highest BCUT2D eigenvalue weighted by atomic mass is 19.1. The van der Waals surface area contributed by atoms with Gasteiger partial charge in [0.25, 0.3) is 0 Å². The molecule has 1 nitrogen and oxygen atoms in total. The lowest BCUT2D eigenvalue weighted by atomic mass is 10.1. The summed E-state index contributed by atoms with van der Waals surface area (Å²) in [6.07, 6.45) is 0.126. The molecule has 0 saturated heterocycles. The molecule has 1 fully saturated rings. The first-order valence-electron chi connectivity index (χ1n) is 3.41. The van der Waals surface area contributed by atoms with Gasteiger partial charge in [0.1, 0.15) is 6.17 Å². The minimum absolute atomic E-state index is 0.0749. The Hall–Kier alpha value is -0.110. The molecule has 1 aliphatic rings. The van der Waals surface area contributed by atoms with Crippen molar-refractivity contribution in [1.29, 1.82) is 0 Å². The molecular weight excluding hydrogens is 117 g/mol. The van der Waals surface area contributed by atoms with E-state index in [1.54, 1.807) is 0 Å². The summed E-state index contributed by atoms with van der Waals surface area (Å²) >= 11 is 0. The highest BCUT2D eigenvalue weighted by Gasteiger charge is 2.39. The van der Waals surface area contributed by atoms with Gasteiger partial charge < -0.3 is 5.32 Å². The third-order valence-electron chi connectivity index (χ3n) is 1.33. The van der Waals surface area contributed by atoms with Crippen LogP contribution in [0.4, 0.5) is 4.39 Å². The minimum atomic E-state index is -0.579. The predicted molar refractivity (Wildman–Crippen MR) is 36.2 cm³/mol. The fourth-order valence-corrected chi connectivity index (χ4v) is 0.870. The summed E-state index contributed by atoms with van der Waals surface area (Å²) in [5.74, 6) is 0. The van der Waals surface area contributed by atoms with Crippen LogP contribution in [0.15, 0.2) is 0 Å². The summed E-state index contributed by atoms with van der Waals surface area (Å²) in [5, 5.41) is 3.17. The van der Waals surface area contributed by atoms with Gasteiger partial charge in [-0.2, -0.15) is 0 Å². The molecular formula is C7H14FN. The summed E-state index contributed by atoms with van der Waals surface area (Å²) in [6.45, 7) is 6.16. The topological polar surface area (TPSA) is 12.0 Å². The van der Waals surface area contributed by atoms with Crippen molar-refractivity contribution in [2.75, 3.05) is 0 Å². The third-order valence-corrected chi connectivity index (χ3v) is 1.33. The molecule has 0 aromatic carbocycles. The summed E-state index contributed by atoms with van der Waals surface area (Å²) in [5.41, 5.74) is 0.0749. The van der Waals surface area contributed by atoms with Gasteiger partial charge in [-0.15, -0.1) is 0 Å². The number of alkyl halides is 1. The van der Waals surface area contributed by atoms with Crippen LogP contribution in [0.2, 0.25) is 0 Å². The highest BCUT2D eigenvalue weighted by molar-refractivity contribution is 4.96. The first kappa shape index (κ1) is 7.00. The van der Waals surface area contributed by atoms with Crippen molar-refractivity contribution in [3.63, 3.8) is 0 Å². The Balaban J connectivity index is 2.19. The maximum absolute atomic E-state index is 12.2. The monoisotopic (exact) mass is 131 g/mol. The van der Waals surface area contributed by atoms with E-state index < -0.39 is 6.17 Å². The number of hydrogen-bond acceptors (Lipinski definition) is 1. The average Bonchev–Trinajstić information content (AvgIpc) is 2.13. The van der Waals surface area contributed by atoms with Crippen molar-refractivity contribution in [2.45, 2.75) is 44.9 Å². The molecule has 0 heterocycles. The average molecular weight is 131 g/mol. The molecule has 1 rings (SSSR count). The molecule has 0 radical (unpaired) electrons. The second-order valence-electron chi connectivity index (χ2n) is 3.75. The lowest BCUT2D eigenvalue weighted by molar-refractivity contribution is 0.376. The summed E-state index contributed by atoms with van der Waals surface area (Å²) in [4.78, 5) is 0. The SMILES string of the molecule is CC(C)(C)N[C@@H]1C[C@@H]1F. The van der Waals surface area contributed by atoms with Crippen LogP contribution >= 0.6 is 0 Å². The molecule has 0 spiro atoms. The summed E-state index contributed by atoms with van der Waals surface area (Å²) < 4.78 is 12.2. The van der Waals surface area contributed by atoms with Crippen molar-refractivity contribution in [2.24, 2.45) is 0 Å². The Morgan fingerprint density at radius 1 is 1.44 bits per heavy atom. The van der Waals surface area contributed by atoms with Gasteiger partial charge in [0.05, 0.1) is 0 Å². The van der Waals surface area contributed by atoms with Crippen molar-refractivity contribution in [3.8, 4) is 0 Å². The molecule has 0 unspecified atom stereocenters. The van der Waals surface area contributed by atoms with Gasteiger partial charge in [0.15, 0.2) is 0 Å². The van der Waals surface area contributed by atoms with Crippen LogP contribution < -0.4 is 5.32 Å². The molecule has 54 valence electrons. The smallest absolute Gasteiger partial charge is 0.117 e. The van der Waals surface area contributed by atoms with E-state index >= 15 is 0 Å². The van der Waals surface area contributed by atoms with E-state index in [1.165, 1.54) is 0 Å². The van der Waals surface area contributed by atoms with E-state index in [-0.39, 0.29) is 11.6 Å². The second kappa shape index (κ2) is 1.94. The largest absolute Gasteiger partial charge is 0.306 e. The van der Waals surface area contributed by atoms with Gasteiger partial charge in [-0.05, 0) is 27.2 Å². The van der Waals surface area contributed by atoms with Gasteiger partial charge in [-0.25, -0.2) is 4.39 Å². The van der Waals surface area contributed by atoms with E-state index in [0.29, 0.717) is 6.42 Å². The molecule has 9 heavy (non-hydrogen) atoms. The highest BCUT2D eigenvalue weighted by Crippen LogP contribution is 2.26. The first-order valence-corrected chi connectivity index (χ1v) is 3.41. The van der Waals surface area contributed by atoms with Crippen molar-refractivity contribution < 1.29 is 4.39 Å². The maximum Gasteiger partial charge on any atom is 0.117 e. The number of hydrogen-bond donors (Lipinski definition) is 1. The van der Waals surface area contributed by atoms with Crippen LogP contribution in [0, 0.1) is 0 Å². The number of halogens is 1. The maximum atomic E-state index is 12.2. The van der Waals surface area contributed by atoms with E-state index in [2.05, 4.69) is 26.1 Å². The van der Waals surface area contributed by atoms with Crippen LogP contribution in [0.25, 0.3) is 0 Å². The Kier molecular flexibility index (Phi) is 1.51. The Bertz CT molecular complexity index is 106. The van der Waals surface area contributed by atoms with E-state index in [4.69, 9.17) is 0 Å². The van der Waals surface area contributed by atoms with Crippen molar-refractivity contribution >= 4 is 0 Å². The molecule has 2 heteroatoms. The number of rotatable bonds is 1. The second-order valence-corrected chi connectivity index (χ2v) is 3.75. The van der Waals surface area contributed by atoms with Crippen molar-refractivity contribution in [1.82, 2.24) is 5.32 Å². The van der Waals surface area contributed by atoms with Crippen LogP contribution in [0.3, 0.4) is 0 Å². The van der Waals surface area contributed by atoms with Gasteiger partial charge in [-0.1, -0.05) is 0 Å². The zero-order chi connectivity index (χ0) is 7.07. The quantitative estimate of drug-likeness (QED) is 0.568. The minimum Gasteiger partial charge on any atom is -0.306 e. The Morgan fingerprint density at radius 2 is 1.89 bits per heavy atom. The first-order chi connectivity index (χ1) is 3.99. The van der Waals surface area contributed by atoms with Crippen LogP contribution in [0.5, 0.6) is 0 Å². The standard InChI is InChI=1S/C7H14FN/c1-7(2,3)9-6-4-5(6)8/h5-6,9H,4H2,1-3H3/t5-,6+/m0/s1. The summed E-state index contributed by atoms with van der Waals surface area (Å²) in [7, 11) is 0. The molecule has 0 aromatic heterocycles. The lowest BCUT2D eigenvalue weighted by Crippen LogP contribution is -2.38. The molecule has 1 saturated carbocycles. The predicted octanol–water partition coefficient (Wildman–Crippen LogP) is 1.48. The molecule has 1 aliphatic carbocycles. The van der Waals surface area contributed by atoms with Crippen LogP contribution in [-0.2, 0) is 0 Å². The van der Waals surface area contributed by atoms with Gasteiger partial charge in [-0.3, -0.25) is 0 Å². The normalized spacial score (nSPS) is 34.7. The Labute approximate surface area is 55.6 Å². The molecule has 0 bridgehead atoms. The van der Waals surface area contributed by atoms with Crippen LogP contribution in [0.1, 0.15) is 27.2 Å². The molecule has 0 amide bonds. The third kappa shape index (κ3) is 2.31. The fraction of sp³-hybridized carbons (Fsp3) is 1.00. The summed E-state index contributed by atoms with van der Waals surface area (Å²) in [6, 6.07) is 0.144. The van der Waals surface area contributed by atoms with Gasteiger partial charge >= 0.3 is 0 Å². The fourth-order valence-electron chi connectivity index (χ4n) is 0.870. The van der Waals surface area contributed by atoms with E-state index in [0.717, 1.165) is 0 Å². The zero-order valence-corrected chi connectivity index (χ0v) is 6.24. The molecule has 2 atom stereocenters. The number of nitrogens with one attached hydrogen (secondary N) is 1. The van der Waals surface area contributed by atoms with Crippen molar-refractivity contribution in [3.05, 3.63) is 0 Å². The van der Waals surface area contributed by atoms with E-state index in [1.807, 2.05) is 0 Å². The lowest BCUT2D eigenvalue weighted by Gasteiger charge is -2.19.